The highest BCUT2D eigenvalue weighted by molar-refractivity contribution is 7.10. The Labute approximate surface area is 134 Å². The van der Waals surface area contributed by atoms with Crippen LogP contribution in [0.4, 0.5) is 13.2 Å². The Hall–Kier alpha value is -2.09. The van der Waals surface area contributed by atoms with Gasteiger partial charge in [0.15, 0.2) is 6.61 Å². The van der Waals surface area contributed by atoms with E-state index < -0.39 is 11.9 Å². The zero-order chi connectivity index (χ0) is 16.4. The van der Waals surface area contributed by atoms with Gasteiger partial charge in [0, 0.05) is 24.0 Å². The number of aromatic nitrogens is 1. The normalized spacial score (nSPS) is 14.5. The van der Waals surface area contributed by atoms with Crippen LogP contribution in [0.5, 0.6) is 5.88 Å². The molecular formula is C15H13F3N2O2S. The predicted molar refractivity (Wildman–Crippen MR) is 78.2 cm³/mol. The van der Waals surface area contributed by atoms with Crippen LogP contribution < -0.4 is 4.74 Å². The molecule has 0 spiro atoms. The summed E-state index contributed by atoms with van der Waals surface area (Å²) in [6, 6.07) is 5.34. The molecule has 0 unspecified atom stereocenters. The van der Waals surface area contributed by atoms with Crippen LogP contribution in [0.1, 0.15) is 16.1 Å². The summed E-state index contributed by atoms with van der Waals surface area (Å²) in [6.07, 6.45) is -3.74. The summed E-state index contributed by atoms with van der Waals surface area (Å²) in [5.74, 6) is -0.470. The van der Waals surface area contributed by atoms with Gasteiger partial charge in [0.25, 0.3) is 5.91 Å². The fourth-order valence-electron chi connectivity index (χ4n) is 2.34. The number of halogens is 3. The molecule has 0 saturated heterocycles. The molecule has 1 aliphatic rings. The molecule has 0 aliphatic carbocycles. The van der Waals surface area contributed by atoms with Crippen molar-refractivity contribution in [1.29, 1.82) is 0 Å². The second-order valence-electron chi connectivity index (χ2n) is 5.08. The summed E-state index contributed by atoms with van der Waals surface area (Å²) in [5.41, 5.74) is 0.0788. The first-order valence-corrected chi connectivity index (χ1v) is 7.81. The SMILES string of the molecule is O=C(COc1cccc(C(F)(F)F)n1)N1CCc2sccc2C1. The van der Waals surface area contributed by atoms with Crippen LogP contribution in [0, 0.1) is 0 Å². The number of amides is 1. The highest BCUT2D eigenvalue weighted by atomic mass is 32.1. The Morgan fingerprint density at radius 1 is 1.35 bits per heavy atom. The van der Waals surface area contributed by atoms with Gasteiger partial charge < -0.3 is 9.64 Å². The molecule has 3 heterocycles. The largest absolute Gasteiger partial charge is 0.468 e. The Bertz CT molecular complexity index is 715. The minimum Gasteiger partial charge on any atom is -0.468 e. The molecule has 2 aromatic rings. The summed E-state index contributed by atoms with van der Waals surface area (Å²) in [6.45, 7) is 0.774. The van der Waals surface area contributed by atoms with E-state index in [0.717, 1.165) is 18.1 Å². The molecule has 3 rings (SSSR count). The second kappa shape index (κ2) is 6.19. The van der Waals surface area contributed by atoms with Crippen LogP contribution in [0.25, 0.3) is 0 Å². The highest BCUT2D eigenvalue weighted by Gasteiger charge is 2.32. The predicted octanol–water partition coefficient (Wildman–Crippen LogP) is 3.13. The number of pyridine rings is 1. The van der Waals surface area contributed by atoms with E-state index in [9.17, 15) is 18.0 Å². The molecule has 2 aromatic heterocycles. The number of hydrogen-bond acceptors (Lipinski definition) is 4. The van der Waals surface area contributed by atoms with Crippen LogP contribution >= 0.6 is 11.3 Å². The van der Waals surface area contributed by atoms with E-state index in [-0.39, 0.29) is 18.4 Å². The van der Waals surface area contributed by atoms with E-state index in [2.05, 4.69) is 4.98 Å². The first kappa shape index (κ1) is 15.8. The van der Waals surface area contributed by atoms with E-state index in [0.29, 0.717) is 13.1 Å². The second-order valence-corrected chi connectivity index (χ2v) is 6.08. The number of ether oxygens (including phenoxy) is 1. The Morgan fingerprint density at radius 2 is 2.17 bits per heavy atom. The topological polar surface area (TPSA) is 42.4 Å². The molecule has 122 valence electrons. The Kier molecular flexibility index (Phi) is 4.25. The number of fused-ring (bicyclic) bond motifs is 1. The van der Waals surface area contributed by atoms with Crippen LogP contribution in [0.3, 0.4) is 0 Å². The number of alkyl halides is 3. The van der Waals surface area contributed by atoms with Gasteiger partial charge in [0.1, 0.15) is 5.69 Å². The van der Waals surface area contributed by atoms with Gasteiger partial charge in [-0.2, -0.15) is 13.2 Å². The first-order valence-electron chi connectivity index (χ1n) is 6.93. The van der Waals surface area contributed by atoms with Crippen LogP contribution in [0.15, 0.2) is 29.6 Å². The van der Waals surface area contributed by atoms with Crippen molar-refractivity contribution in [3.05, 3.63) is 45.8 Å². The van der Waals surface area contributed by atoms with Gasteiger partial charge in [-0.25, -0.2) is 4.98 Å². The summed E-state index contributed by atoms with van der Waals surface area (Å²) in [7, 11) is 0. The highest BCUT2D eigenvalue weighted by Crippen LogP contribution is 2.28. The molecule has 1 amide bonds. The maximum absolute atomic E-state index is 12.6. The van der Waals surface area contributed by atoms with E-state index in [1.54, 1.807) is 16.2 Å². The molecular weight excluding hydrogens is 329 g/mol. The molecule has 4 nitrogen and oxygen atoms in total. The summed E-state index contributed by atoms with van der Waals surface area (Å²) in [5, 5.41) is 1.99. The van der Waals surface area contributed by atoms with Gasteiger partial charge in [-0.15, -0.1) is 11.3 Å². The molecule has 23 heavy (non-hydrogen) atoms. The Morgan fingerprint density at radius 3 is 2.96 bits per heavy atom. The van der Waals surface area contributed by atoms with Crippen molar-refractivity contribution in [1.82, 2.24) is 9.88 Å². The van der Waals surface area contributed by atoms with Gasteiger partial charge in [-0.05, 0) is 29.5 Å². The fraction of sp³-hybridized carbons (Fsp3) is 0.333. The summed E-state index contributed by atoms with van der Waals surface area (Å²) < 4.78 is 42.9. The van der Waals surface area contributed by atoms with Gasteiger partial charge in [0.05, 0.1) is 0 Å². The minimum absolute atomic E-state index is 0.207. The number of carbonyl (C=O) groups is 1. The zero-order valence-corrected chi connectivity index (χ0v) is 12.8. The van der Waals surface area contributed by atoms with E-state index >= 15 is 0 Å². The molecule has 8 heteroatoms. The van der Waals surface area contributed by atoms with Crippen LogP contribution in [0.2, 0.25) is 0 Å². The van der Waals surface area contributed by atoms with Gasteiger partial charge >= 0.3 is 6.18 Å². The smallest absolute Gasteiger partial charge is 0.433 e. The van der Waals surface area contributed by atoms with Crippen molar-refractivity contribution in [2.75, 3.05) is 13.2 Å². The number of hydrogen-bond donors (Lipinski definition) is 0. The van der Waals surface area contributed by atoms with E-state index in [1.165, 1.54) is 17.0 Å². The van der Waals surface area contributed by atoms with Crippen molar-refractivity contribution >= 4 is 17.2 Å². The van der Waals surface area contributed by atoms with Gasteiger partial charge in [-0.1, -0.05) is 6.07 Å². The van der Waals surface area contributed by atoms with Crippen LogP contribution in [-0.4, -0.2) is 28.9 Å². The molecule has 0 N–H and O–H groups in total. The number of nitrogens with zero attached hydrogens (tertiary/aromatic N) is 2. The number of rotatable bonds is 3. The molecule has 0 saturated carbocycles. The molecule has 0 radical (unpaired) electrons. The number of carbonyl (C=O) groups excluding carboxylic acids is 1. The lowest BCUT2D eigenvalue weighted by Gasteiger charge is -2.26. The summed E-state index contributed by atoms with van der Waals surface area (Å²) >= 11 is 1.67. The maximum Gasteiger partial charge on any atom is 0.433 e. The lowest BCUT2D eigenvalue weighted by atomic mass is 10.1. The Balaban J connectivity index is 1.60. The third kappa shape index (κ3) is 3.64. The van der Waals surface area contributed by atoms with Crippen molar-refractivity contribution in [3.8, 4) is 5.88 Å². The first-order chi connectivity index (χ1) is 10.9. The molecule has 0 aromatic carbocycles. The average molecular weight is 342 g/mol. The third-order valence-electron chi connectivity index (χ3n) is 3.52. The maximum atomic E-state index is 12.6. The zero-order valence-electron chi connectivity index (χ0n) is 12.0. The molecule has 0 atom stereocenters. The van der Waals surface area contributed by atoms with Crippen molar-refractivity contribution in [3.63, 3.8) is 0 Å². The van der Waals surface area contributed by atoms with Crippen molar-refractivity contribution in [2.24, 2.45) is 0 Å². The van der Waals surface area contributed by atoms with Crippen LogP contribution in [-0.2, 0) is 23.9 Å². The average Bonchev–Trinajstić information content (AvgIpc) is 2.99. The van der Waals surface area contributed by atoms with Gasteiger partial charge in [-0.3, -0.25) is 4.79 Å². The van der Waals surface area contributed by atoms with Crippen molar-refractivity contribution in [2.45, 2.75) is 19.1 Å². The van der Waals surface area contributed by atoms with E-state index in [1.807, 2.05) is 11.4 Å². The standard InChI is InChI=1S/C15H13F3N2O2S/c16-15(17,18)12-2-1-3-13(19-12)22-9-14(21)20-6-4-11-10(8-20)5-7-23-11/h1-3,5,7H,4,6,8-9H2. The van der Waals surface area contributed by atoms with E-state index in [4.69, 9.17) is 4.74 Å². The number of thiophene rings is 1. The monoisotopic (exact) mass is 342 g/mol. The lowest BCUT2D eigenvalue weighted by molar-refractivity contribution is -0.141. The molecule has 0 bridgehead atoms. The minimum atomic E-state index is -4.54. The van der Waals surface area contributed by atoms with Gasteiger partial charge in [0.2, 0.25) is 5.88 Å². The fourth-order valence-corrected chi connectivity index (χ4v) is 3.23. The van der Waals surface area contributed by atoms with Crippen molar-refractivity contribution < 1.29 is 22.7 Å². The summed E-state index contributed by atoms with van der Waals surface area (Å²) in [4.78, 5) is 18.4. The molecule has 0 fully saturated rings. The molecule has 1 aliphatic heterocycles. The third-order valence-corrected chi connectivity index (χ3v) is 4.54. The lowest BCUT2D eigenvalue weighted by Crippen LogP contribution is -2.38. The quantitative estimate of drug-likeness (QED) is 0.861.